The maximum absolute atomic E-state index is 13.7. The summed E-state index contributed by atoms with van der Waals surface area (Å²) in [7, 11) is 0. The Balaban J connectivity index is 1.43. The van der Waals surface area contributed by atoms with Crippen molar-refractivity contribution >= 4 is 23.0 Å². The molecule has 0 amide bonds. The van der Waals surface area contributed by atoms with Crippen molar-refractivity contribution in [2.45, 2.75) is 75.5 Å². The van der Waals surface area contributed by atoms with E-state index in [1.807, 2.05) is 6.92 Å². The molecule has 0 aromatic heterocycles. The molecule has 7 atom stereocenters. The van der Waals surface area contributed by atoms with Gasteiger partial charge < -0.3 is 45.5 Å². The van der Waals surface area contributed by atoms with Crippen LogP contribution in [0, 0.1) is 0 Å². The van der Waals surface area contributed by atoms with E-state index in [-0.39, 0.29) is 46.5 Å². The Morgan fingerprint density at radius 2 is 1.86 bits per heavy atom. The third-order valence-corrected chi connectivity index (χ3v) is 9.32. The number of aromatic hydroxyl groups is 2. The van der Waals surface area contributed by atoms with Crippen LogP contribution in [-0.4, -0.2) is 110 Å². The van der Waals surface area contributed by atoms with E-state index in [1.165, 1.54) is 18.2 Å². The molecule has 7 N–H and O–H groups in total. The molecule has 4 aliphatic rings. The number of nitrogens with two attached hydrogens (primary N) is 1. The first-order chi connectivity index (χ1) is 20.9. The fourth-order valence-electron chi connectivity index (χ4n) is 7.09. The molecule has 13 nitrogen and oxygen atoms in total. The fourth-order valence-corrected chi connectivity index (χ4v) is 7.09. The van der Waals surface area contributed by atoms with Crippen LogP contribution >= 0.6 is 0 Å². The smallest absolute Gasteiger partial charge is 0.200 e. The van der Waals surface area contributed by atoms with Gasteiger partial charge >= 0.3 is 0 Å². The van der Waals surface area contributed by atoms with Crippen molar-refractivity contribution in [2.24, 2.45) is 0 Å². The number of hydrogen-bond acceptors (Lipinski definition) is 13. The number of nitrogens with zero attached hydrogens (tertiary/aromatic N) is 1. The molecule has 2 heterocycles. The van der Waals surface area contributed by atoms with Crippen LogP contribution in [0.4, 0.5) is 5.69 Å². The molecule has 0 spiro atoms. The lowest BCUT2D eigenvalue weighted by molar-refractivity contribution is -0.261. The number of nitrogen functional groups attached to an aromatic ring is 1. The highest BCUT2D eigenvalue weighted by Crippen LogP contribution is 2.52. The highest BCUT2D eigenvalue weighted by molar-refractivity contribution is 6.32. The molecule has 2 aromatic rings. The standard InChI is InChI=1S/C31H36N2O11/c1-13-11-33(6-7-42-13)18-8-21(43-14(2)26(18)36)44-19-10-31(41,20(35)12-34)9-16-23(19)30(40)25-24(28(16)38)27(37)15-4-3-5-17(32)22(15)29(25)39/h3-5,13-14,18-19,21,26,34,36,38,40-41H,6-12,32H2,1-2H3/t13-,14+,18+,19+,21+,26-,31+/m1/s1. The summed E-state index contributed by atoms with van der Waals surface area (Å²) in [6.45, 7) is 4.23. The summed E-state index contributed by atoms with van der Waals surface area (Å²) in [5.41, 5.74) is 2.45. The molecule has 0 unspecified atom stereocenters. The van der Waals surface area contributed by atoms with Crippen molar-refractivity contribution in [3.05, 3.63) is 51.6 Å². The highest BCUT2D eigenvalue weighted by atomic mass is 16.7. The largest absolute Gasteiger partial charge is 0.507 e. The number of phenolic OH excluding ortho intramolecular Hbond substituents is 2. The van der Waals surface area contributed by atoms with E-state index < -0.39 is 89.6 Å². The number of ketones is 3. The van der Waals surface area contributed by atoms with Gasteiger partial charge in [0.05, 0.1) is 47.7 Å². The Hall–Kier alpha value is -3.43. The van der Waals surface area contributed by atoms with Gasteiger partial charge in [0.15, 0.2) is 23.6 Å². The van der Waals surface area contributed by atoms with Crippen molar-refractivity contribution in [1.29, 1.82) is 0 Å². The summed E-state index contributed by atoms with van der Waals surface area (Å²) < 4.78 is 17.9. The maximum Gasteiger partial charge on any atom is 0.200 e. The Labute approximate surface area is 252 Å². The second-order valence-corrected chi connectivity index (χ2v) is 12.1. The van der Waals surface area contributed by atoms with E-state index in [2.05, 4.69) is 4.90 Å². The molecule has 0 saturated carbocycles. The van der Waals surface area contributed by atoms with Crippen LogP contribution in [0.15, 0.2) is 18.2 Å². The van der Waals surface area contributed by atoms with Crippen LogP contribution in [0.3, 0.4) is 0 Å². The van der Waals surface area contributed by atoms with Crippen molar-refractivity contribution in [2.75, 3.05) is 32.0 Å². The Bertz CT molecular complexity index is 1540. The Kier molecular flexibility index (Phi) is 7.77. The molecule has 2 saturated heterocycles. The van der Waals surface area contributed by atoms with Crippen LogP contribution in [0.2, 0.25) is 0 Å². The molecular formula is C31H36N2O11. The van der Waals surface area contributed by atoms with E-state index in [9.17, 15) is 39.9 Å². The summed E-state index contributed by atoms with van der Waals surface area (Å²) >= 11 is 0. The minimum atomic E-state index is -2.24. The molecule has 2 aliphatic carbocycles. The second kappa shape index (κ2) is 11.2. The first-order valence-electron chi connectivity index (χ1n) is 14.7. The Morgan fingerprint density at radius 3 is 2.57 bits per heavy atom. The normalized spacial score (nSPS) is 32.1. The van der Waals surface area contributed by atoms with Crippen molar-refractivity contribution in [3.63, 3.8) is 0 Å². The van der Waals surface area contributed by atoms with Crippen LogP contribution in [0.25, 0.3) is 0 Å². The van der Waals surface area contributed by atoms with Gasteiger partial charge in [-0.1, -0.05) is 12.1 Å². The number of aliphatic hydroxyl groups is 3. The molecule has 2 aromatic carbocycles. The highest BCUT2D eigenvalue weighted by Gasteiger charge is 2.50. The molecule has 2 fully saturated rings. The number of aliphatic hydroxyl groups excluding tert-OH is 2. The zero-order valence-corrected chi connectivity index (χ0v) is 24.4. The lowest BCUT2D eigenvalue weighted by Gasteiger charge is -2.47. The van der Waals surface area contributed by atoms with Crippen LogP contribution < -0.4 is 5.73 Å². The molecule has 44 heavy (non-hydrogen) atoms. The number of phenols is 2. The van der Waals surface area contributed by atoms with Crippen molar-refractivity contribution in [1.82, 2.24) is 4.90 Å². The van der Waals surface area contributed by atoms with Crippen LogP contribution in [0.5, 0.6) is 11.5 Å². The van der Waals surface area contributed by atoms with E-state index in [0.717, 1.165) is 0 Å². The van der Waals surface area contributed by atoms with Crippen LogP contribution in [0.1, 0.15) is 75.8 Å². The number of hydrogen-bond donors (Lipinski definition) is 6. The predicted octanol–water partition coefficient (Wildman–Crippen LogP) is 0.337. The molecular weight excluding hydrogens is 576 g/mol. The van der Waals surface area contributed by atoms with Gasteiger partial charge in [-0.3, -0.25) is 19.3 Å². The summed E-state index contributed by atoms with van der Waals surface area (Å²) in [5, 5.41) is 55.2. The number of carbonyl (C=O) groups is 3. The second-order valence-electron chi connectivity index (χ2n) is 12.1. The quantitative estimate of drug-likeness (QED) is 0.170. The number of carbonyl (C=O) groups excluding carboxylic acids is 3. The van der Waals surface area contributed by atoms with E-state index in [4.69, 9.17) is 19.9 Å². The van der Waals surface area contributed by atoms with E-state index in [0.29, 0.717) is 19.7 Å². The zero-order valence-electron chi connectivity index (χ0n) is 24.4. The minimum Gasteiger partial charge on any atom is -0.507 e. The van der Waals surface area contributed by atoms with Gasteiger partial charge in [0, 0.05) is 60.8 Å². The van der Waals surface area contributed by atoms with Gasteiger partial charge in [-0.05, 0) is 19.9 Å². The Morgan fingerprint density at radius 1 is 1.14 bits per heavy atom. The van der Waals surface area contributed by atoms with Gasteiger partial charge in [-0.15, -0.1) is 0 Å². The number of fused-ring (bicyclic) bond motifs is 3. The zero-order chi connectivity index (χ0) is 31.7. The predicted molar refractivity (Wildman–Crippen MR) is 152 cm³/mol. The molecule has 0 radical (unpaired) electrons. The summed E-state index contributed by atoms with van der Waals surface area (Å²) in [6.07, 6.45) is -4.76. The number of rotatable bonds is 5. The summed E-state index contributed by atoms with van der Waals surface area (Å²) in [4.78, 5) is 42.1. The monoisotopic (exact) mass is 612 g/mol. The summed E-state index contributed by atoms with van der Waals surface area (Å²) in [6, 6.07) is 3.91. The van der Waals surface area contributed by atoms with Gasteiger partial charge in [-0.25, -0.2) is 0 Å². The van der Waals surface area contributed by atoms with Gasteiger partial charge in [0.1, 0.15) is 23.7 Å². The average Bonchev–Trinajstić information content (AvgIpc) is 2.98. The van der Waals surface area contributed by atoms with E-state index in [1.54, 1.807) is 6.92 Å². The number of anilines is 1. The molecule has 13 heteroatoms. The third-order valence-electron chi connectivity index (χ3n) is 9.32. The van der Waals surface area contributed by atoms with Crippen molar-refractivity contribution < 1.29 is 54.1 Å². The topological polar surface area (TPSA) is 209 Å². The molecule has 6 rings (SSSR count). The minimum absolute atomic E-state index is 0.0189. The van der Waals surface area contributed by atoms with Gasteiger partial charge in [-0.2, -0.15) is 0 Å². The first-order valence-corrected chi connectivity index (χ1v) is 14.7. The molecule has 236 valence electrons. The van der Waals surface area contributed by atoms with E-state index >= 15 is 0 Å². The average molecular weight is 613 g/mol. The van der Waals surface area contributed by atoms with Gasteiger partial charge in [0.25, 0.3) is 0 Å². The fraction of sp³-hybridized carbons (Fsp3) is 0.516. The third kappa shape index (κ3) is 4.79. The van der Waals surface area contributed by atoms with Gasteiger partial charge in [0.2, 0.25) is 0 Å². The number of Topliss-reactive ketones (excluding diaryl/α,β-unsaturated/α-hetero) is 1. The number of benzene rings is 2. The van der Waals surface area contributed by atoms with Crippen LogP contribution in [-0.2, 0) is 25.4 Å². The lowest BCUT2D eigenvalue weighted by Crippen LogP contribution is -2.59. The number of morpholine rings is 1. The molecule has 2 aliphatic heterocycles. The number of ether oxygens (including phenoxy) is 3. The SMILES string of the molecule is C[C@@H]1CN([C@H]2C[C@H](O[C@H]3C[C@](O)(C(=O)CO)Cc4c(O)c5c(c(O)c43)C(=O)c3c(N)cccc3C5=O)O[C@@H](C)[C@H]2O)CCO1. The molecule has 0 bridgehead atoms. The van der Waals surface area contributed by atoms with Crippen molar-refractivity contribution in [3.8, 4) is 11.5 Å². The first kappa shape index (κ1) is 30.6. The maximum atomic E-state index is 13.7. The lowest BCUT2D eigenvalue weighted by atomic mass is 9.72. The summed E-state index contributed by atoms with van der Waals surface area (Å²) in [5.74, 6) is -3.83.